The van der Waals surface area contributed by atoms with E-state index in [-0.39, 0.29) is 5.91 Å². The zero-order valence-electron chi connectivity index (χ0n) is 19.9. The Morgan fingerprint density at radius 2 is 1.31 bits per heavy atom. The molecule has 3 aromatic carbocycles. The van der Waals surface area contributed by atoms with Crippen molar-refractivity contribution in [3.05, 3.63) is 113 Å². The molecule has 0 aliphatic carbocycles. The first-order valence-corrected chi connectivity index (χ1v) is 12.4. The summed E-state index contributed by atoms with van der Waals surface area (Å²) in [6.45, 7) is 3.91. The van der Waals surface area contributed by atoms with Gasteiger partial charge in [0.05, 0.1) is 0 Å². The third kappa shape index (κ3) is 5.76. The molecule has 0 unspecified atom stereocenters. The van der Waals surface area contributed by atoms with Crippen LogP contribution in [-0.2, 0) is 0 Å². The fourth-order valence-electron chi connectivity index (χ4n) is 3.70. The molecule has 178 valence electrons. The molecule has 0 spiro atoms. The van der Waals surface area contributed by atoms with Gasteiger partial charge in [-0.05, 0) is 79.4 Å². The van der Waals surface area contributed by atoms with Gasteiger partial charge in [-0.3, -0.25) is 4.79 Å². The summed E-state index contributed by atoms with van der Waals surface area (Å²) in [7, 11) is 0. The lowest BCUT2D eigenvalue weighted by Crippen LogP contribution is -2.11. The van der Waals surface area contributed by atoms with Crippen molar-refractivity contribution in [2.75, 3.05) is 16.0 Å². The second-order valence-electron chi connectivity index (χ2n) is 8.39. The minimum atomic E-state index is -0.147. The fourth-order valence-corrected chi connectivity index (χ4v) is 4.43. The number of aryl methyl sites for hydroxylation is 2. The molecule has 5 aromatic rings. The van der Waals surface area contributed by atoms with Gasteiger partial charge in [-0.1, -0.05) is 35.9 Å². The summed E-state index contributed by atoms with van der Waals surface area (Å²) in [5.74, 6) is 1.90. The first-order valence-electron chi connectivity index (χ1n) is 11.5. The molecule has 1 amide bonds. The van der Waals surface area contributed by atoms with Gasteiger partial charge in [0.2, 0.25) is 0 Å². The number of aromatic nitrogens is 2. The maximum atomic E-state index is 12.7. The number of nitrogens with zero attached hydrogens (tertiary/aromatic N) is 2. The van der Waals surface area contributed by atoms with Crippen molar-refractivity contribution in [2.45, 2.75) is 13.8 Å². The van der Waals surface area contributed by atoms with E-state index in [1.54, 1.807) is 11.3 Å². The average Bonchev–Trinajstić information content (AvgIpc) is 3.42. The largest absolute Gasteiger partial charge is 0.340 e. The fraction of sp³-hybridized carbons (Fsp3) is 0.0690. The van der Waals surface area contributed by atoms with E-state index in [4.69, 9.17) is 0 Å². The van der Waals surface area contributed by atoms with Crippen LogP contribution in [0.3, 0.4) is 0 Å². The molecule has 36 heavy (non-hydrogen) atoms. The van der Waals surface area contributed by atoms with Gasteiger partial charge in [0.1, 0.15) is 17.5 Å². The van der Waals surface area contributed by atoms with Gasteiger partial charge in [0.15, 0.2) is 0 Å². The number of carbonyl (C=O) groups excluding carboxylic acids is 1. The Morgan fingerprint density at radius 3 is 1.89 bits per heavy atom. The van der Waals surface area contributed by atoms with Crippen LogP contribution < -0.4 is 16.0 Å². The summed E-state index contributed by atoms with van der Waals surface area (Å²) in [6, 6.07) is 29.3. The molecule has 2 heterocycles. The van der Waals surface area contributed by atoms with E-state index in [1.807, 2.05) is 85.1 Å². The molecule has 0 saturated heterocycles. The van der Waals surface area contributed by atoms with Gasteiger partial charge in [-0.2, -0.15) is 0 Å². The van der Waals surface area contributed by atoms with E-state index >= 15 is 0 Å². The first kappa shape index (κ1) is 23.3. The van der Waals surface area contributed by atoms with Crippen molar-refractivity contribution in [3.8, 4) is 10.4 Å². The molecular formula is C29H25N5OS. The summed E-state index contributed by atoms with van der Waals surface area (Å²) in [6.07, 6.45) is 0. The Kier molecular flexibility index (Phi) is 6.73. The van der Waals surface area contributed by atoms with Crippen LogP contribution in [0.1, 0.15) is 21.7 Å². The number of thiophene rings is 1. The van der Waals surface area contributed by atoms with E-state index in [2.05, 4.69) is 51.0 Å². The molecule has 0 bridgehead atoms. The number of rotatable bonds is 7. The molecule has 0 atom stereocenters. The topological polar surface area (TPSA) is 78.9 Å². The number of nitrogens with one attached hydrogen (secondary N) is 3. The molecular weight excluding hydrogens is 466 g/mol. The van der Waals surface area contributed by atoms with Gasteiger partial charge >= 0.3 is 0 Å². The molecule has 0 saturated carbocycles. The van der Waals surface area contributed by atoms with E-state index in [1.165, 1.54) is 10.4 Å². The minimum absolute atomic E-state index is 0.147. The number of anilines is 5. The van der Waals surface area contributed by atoms with Crippen molar-refractivity contribution < 1.29 is 4.79 Å². The van der Waals surface area contributed by atoms with Crippen molar-refractivity contribution in [1.82, 2.24) is 9.97 Å². The third-order valence-corrected chi connectivity index (χ3v) is 6.45. The van der Waals surface area contributed by atoms with Crippen LogP contribution in [-0.4, -0.2) is 15.9 Å². The van der Waals surface area contributed by atoms with E-state index in [9.17, 15) is 4.79 Å². The predicted octanol–water partition coefficient (Wildman–Crippen LogP) is 7.56. The van der Waals surface area contributed by atoms with Crippen molar-refractivity contribution in [2.24, 2.45) is 0 Å². The van der Waals surface area contributed by atoms with Gasteiger partial charge in [-0.15, -0.1) is 11.3 Å². The Hall–Kier alpha value is -4.49. The summed E-state index contributed by atoms with van der Waals surface area (Å²) in [4.78, 5) is 22.8. The summed E-state index contributed by atoms with van der Waals surface area (Å²) in [5.41, 5.74) is 5.46. The molecule has 0 aliphatic heterocycles. The van der Waals surface area contributed by atoms with Crippen LogP contribution in [0, 0.1) is 13.8 Å². The van der Waals surface area contributed by atoms with Crippen molar-refractivity contribution >= 4 is 45.9 Å². The van der Waals surface area contributed by atoms with Crippen LogP contribution in [0.4, 0.5) is 28.7 Å². The van der Waals surface area contributed by atoms with Crippen LogP contribution in [0.5, 0.6) is 0 Å². The Morgan fingerprint density at radius 1 is 0.722 bits per heavy atom. The lowest BCUT2D eigenvalue weighted by Gasteiger charge is -2.11. The van der Waals surface area contributed by atoms with Gasteiger partial charge < -0.3 is 16.0 Å². The second kappa shape index (κ2) is 10.4. The number of carbonyl (C=O) groups is 1. The summed E-state index contributed by atoms with van der Waals surface area (Å²) >= 11 is 1.68. The predicted molar refractivity (Wildman–Crippen MR) is 149 cm³/mol. The maximum Gasteiger partial charge on any atom is 0.255 e. The maximum absolute atomic E-state index is 12.7. The van der Waals surface area contributed by atoms with E-state index in [0.29, 0.717) is 28.7 Å². The van der Waals surface area contributed by atoms with E-state index in [0.717, 1.165) is 16.9 Å². The Balaban J connectivity index is 1.22. The first-order chi connectivity index (χ1) is 17.5. The van der Waals surface area contributed by atoms with Gasteiger partial charge in [0.25, 0.3) is 5.91 Å². The highest BCUT2D eigenvalue weighted by atomic mass is 32.1. The summed E-state index contributed by atoms with van der Waals surface area (Å²) in [5, 5.41) is 11.6. The zero-order chi connectivity index (χ0) is 24.9. The van der Waals surface area contributed by atoms with E-state index < -0.39 is 0 Å². The normalized spacial score (nSPS) is 10.6. The number of benzene rings is 3. The molecule has 5 rings (SSSR count). The zero-order valence-corrected chi connectivity index (χ0v) is 20.8. The Labute approximate surface area is 214 Å². The molecule has 2 aromatic heterocycles. The van der Waals surface area contributed by atoms with Gasteiger partial charge in [0, 0.05) is 33.6 Å². The SMILES string of the molecule is Cc1ccc(Nc2cc(Nc3ccc(NC(=O)c4ccc(-c5cccs5)cc4)cc3)nc(C)n2)cc1. The molecule has 0 radical (unpaired) electrons. The van der Waals surface area contributed by atoms with Crippen molar-refractivity contribution in [1.29, 1.82) is 0 Å². The highest BCUT2D eigenvalue weighted by molar-refractivity contribution is 7.13. The molecule has 0 fully saturated rings. The van der Waals surface area contributed by atoms with Gasteiger partial charge in [-0.25, -0.2) is 9.97 Å². The molecule has 0 aliphatic rings. The monoisotopic (exact) mass is 491 g/mol. The summed E-state index contributed by atoms with van der Waals surface area (Å²) < 4.78 is 0. The number of hydrogen-bond donors (Lipinski definition) is 3. The smallest absolute Gasteiger partial charge is 0.255 e. The van der Waals surface area contributed by atoms with Crippen LogP contribution in [0.25, 0.3) is 10.4 Å². The second-order valence-corrected chi connectivity index (χ2v) is 9.34. The minimum Gasteiger partial charge on any atom is -0.340 e. The standard InChI is InChI=1S/C29H25N5OS/c1-19-5-11-23(12-6-19)32-27-18-28(31-20(2)30-27)33-24-13-15-25(16-14-24)34-29(35)22-9-7-21(8-10-22)26-4-3-17-36-26/h3-18H,1-2H3,(H,34,35)(H2,30,31,32,33). The highest BCUT2D eigenvalue weighted by Crippen LogP contribution is 2.25. The quantitative estimate of drug-likeness (QED) is 0.219. The highest BCUT2D eigenvalue weighted by Gasteiger charge is 2.08. The molecule has 3 N–H and O–H groups in total. The van der Waals surface area contributed by atoms with Crippen molar-refractivity contribution in [3.63, 3.8) is 0 Å². The van der Waals surface area contributed by atoms with Crippen LogP contribution in [0.15, 0.2) is 96.4 Å². The number of hydrogen-bond acceptors (Lipinski definition) is 6. The third-order valence-electron chi connectivity index (χ3n) is 5.53. The lowest BCUT2D eigenvalue weighted by atomic mass is 10.1. The Bertz CT molecular complexity index is 1460. The van der Waals surface area contributed by atoms with Crippen LogP contribution >= 0.6 is 11.3 Å². The van der Waals surface area contributed by atoms with Crippen LogP contribution in [0.2, 0.25) is 0 Å². The lowest BCUT2D eigenvalue weighted by molar-refractivity contribution is 0.102. The molecule has 7 heteroatoms. The number of amides is 1. The average molecular weight is 492 g/mol. The molecule has 6 nitrogen and oxygen atoms in total.